The molecule has 1 N–H and O–H groups in total. The van der Waals surface area contributed by atoms with Gasteiger partial charge >= 0.3 is 0 Å². The number of hydrogen-bond donors (Lipinski definition) is 1. The van der Waals surface area contributed by atoms with E-state index in [9.17, 15) is 0 Å². The number of pyridine rings is 1. The minimum Gasteiger partial charge on any atom is -0.481 e. The number of nitrogens with one attached hydrogen (secondary N) is 1. The van der Waals surface area contributed by atoms with E-state index < -0.39 is 0 Å². The van der Waals surface area contributed by atoms with Crippen molar-refractivity contribution in [3.63, 3.8) is 0 Å². The van der Waals surface area contributed by atoms with Gasteiger partial charge in [0.25, 0.3) is 5.89 Å². The molecular formula is C13H18ClN5O2. The number of piperazine rings is 1. The molecular weight excluding hydrogens is 294 g/mol. The topological polar surface area (TPSA) is 76.3 Å². The van der Waals surface area contributed by atoms with Gasteiger partial charge in [-0.1, -0.05) is 5.16 Å². The van der Waals surface area contributed by atoms with Crippen LogP contribution in [-0.4, -0.2) is 53.8 Å². The van der Waals surface area contributed by atoms with Gasteiger partial charge in [-0.3, -0.25) is 4.90 Å². The summed E-state index contributed by atoms with van der Waals surface area (Å²) in [6.45, 7) is 2.79. The second-order valence-electron chi connectivity index (χ2n) is 4.75. The first kappa shape index (κ1) is 15.7. The lowest BCUT2D eigenvalue weighted by molar-refractivity contribution is 0.190. The molecule has 1 fully saturated rings. The summed E-state index contributed by atoms with van der Waals surface area (Å²) in [5, 5.41) is 7.42. The fourth-order valence-corrected chi connectivity index (χ4v) is 2.21. The number of rotatable bonds is 3. The Morgan fingerprint density at radius 1 is 1.43 bits per heavy atom. The number of methoxy groups -OCH3 is 1. The van der Waals surface area contributed by atoms with Crippen molar-refractivity contribution < 1.29 is 9.26 Å². The maximum absolute atomic E-state index is 5.33. The molecule has 3 rings (SSSR count). The van der Waals surface area contributed by atoms with Gasteiger partial charge in [-0.2, -0.15) is 4.98 Å². The van der Waals surface area contributed by atoms with Gasteiger partial charge in [0.15, 0.2) is 5.82 Å². The molecule has 0 aliphatic carbocycles. The van der Waals surface area contributed by atoms with Crippen molar-refractivity contribution in [2.75, 3.05) is 33.8 Å². The highest BCUT2D eigenvalue weighted by Gasteiger charge is 2.25. The molecule has 0 spiro atoms. The zero-order valence-corrected chi connectivity index (χ0v) is 12.8. The Bertz CT molecular complexity index is 574. The van der Waals surface area contributed by atoms with Crippen LogP contribution in [0.25, 0.3) is 11.5 Å². The monoisotopic (exact) mass is 311 g/mol. The van der Waals surface area contributed by atoms with E-state index in [-0.39, 0.29) is 18.4 Å². The predicted molar refractivity (Wildman–Crippen MR) is 79.6 cm³/mol. The number of hydrogen-bond acceptors (Lipinski definition) is 7. The molecule has 0 radical (unpaired) electrons. The van der Waals surface area contributed by atoms with E-state index in [0.29, 0.717) is 17.6 Å². The minimum absolute atomic E-state index is 0. The smallest absolute Gasteiger partial charge is 0.259 e. The van der Waals surface area contributed by atoms with Gasteiger partial charge in [-0.15, -0.1) is 12.4 Å². The molecule has 1 aliphatic rings. The Balaban J connectivity index is 0.00000161. The molecule has 7 nitrogen and oxygen atoms in total. The van der Waals surface area contributed by atoms with E-state index in [4.69, 9.17) is 9.26 Å². The summed E-state index contributed by atoms with van der Waals surface area (Å²) in [6, 6.07) is 3.77. The van der Waals surface area contributed by atoms with Crippen LogP contribution < -0.4 is 10.1 Å². The van der Waals surface area contributed by atoms with E-state index in [0.717, 1.165) is 25.2 Å². The Labute approximate surface area is 129 Å². The first-order valence-corrected chi connectivity index (χ1v) is 6.53. The van der Waals surface area contributed by atoms with E-state index >= 15 is 0 Å². The molecule has 1 unspecified atom stereocenters. The maximum Gasteiger partial charge on any atom is 0.259 e. The van der Waals surface area contributed by atoms with Crippen LogP contribution in [0.2, 0.25) is 0 Å². The Morgan fingerprint density at radius 3 is 2.95 bits per heavy atom. The summed E-state index contributed by atoms with van der Waals surface area (Å²) in [5.41, 5.74) is 0.788. The Morgan fingerprint density at radius 2 is 2.29 bits per heavy atom. The molecule has 21 heavy (non-hydrogen) atoms. The van der Waals surface area contributed by atoms with Crippen molar-refractivity contribution in [1.82, 2.24) is 25.3 Å². The van der Waals surface area contributed by atoms with E-state index in [1.165, 1.54) is 0 Å². The molecule has 114 valence electrons. The number of nitrogens with zero attached hydrogens (tertiary/aromatic N) is 4. The number of ether oxygens (including phenoxy) is 1. The molecule has 3 heterocycles. The highest BCUT2D eigenvalue weighted by molar-refractivity contribution is 5.85. The molecule has 1 aliphatic heterocycles. The molecule has 1 atom stereocenters. The third-order valence-corrected chi connectivity index (χ3v) is 3.44. The second kappa shape index (κ2) is 6.84. The van der Waals surface area contributed by atoms with E-state index in [2.05, 4.69) is 32.4 Å². The number of likely N-dealkylation sites (N-methyl/N-ethyl adjacent to an activating group) is 1. The highest BCUT2D eigenvalue weighted by atomic mass is 35.5. The zero-order chi connectivity index (χ0) is 13.9. The molecule has 0 aromatic carbocycles. The van der Waals surface area contributed by atoms with Crippen molar-refractivity contribution in [1.29, 1.82) is 0 Å². The van der Waals surface area contributed by atoms with Crippen LogP contribution in [0.15, 0.2) is 22.9 Å². The summed E-state index contributed by atoms with van der Waals surface area (Å²) in [6.07, 6.45) is 1.67. The summed E-state index contributed by atoms with van der Waals surface area (Å²) in [5.74, 6) is 1.74. The van der Waals surface area contributed by atoms with Gasteiger partial charge < -0.3 is 14.6 Å². The fourth-order valence-electron chi connectivity index (χ4n) is 2.21. The molecule has 0 saturated carbocycles. The molecule has 0 bridgehead atoms. The van der Waals surface area contributed by atoms with Crippen molar-refractivity contribution in [2.24, 2.45) is 0 Å². The lowest BCUT2D eigenvalue weighted by atomic mass is 10.2. The van der Waals surface area contributed by atoms with Gasteiger partial charge in [0.2, 0.25) is 5.88 Å². The normalized spacial score (nSPS) is 19.0. The van der Waals surface area contributed by atoms with Gasteiger partial charge in [0.1, 0.15) is 0 Å². The Kier molecular flexibility index (Phi) is 5.11. The standard InChI is InChI=1S/C13H17N5O2.ClH/c1-18-6-5-14-8-10(18)12-16-13(20-17-12)9-3-4-11(19-2)15-7-9;/h3-4,7,10,14H,5-6,8H2,1-2H3;1H. The SMILES string of the molecule is COc1ccc(-c2nc(C3CNCCN3C)no2)cn1.Cl. The highest BCUT2D eigenvalue weighted by Crippen LogP contribution is 2.23. The summed E-state index contributed by atoms with van der Waals surface area (Å²) < 4.78 is 10.4. The predicted octanol–water partition coefficient (Wildman–Crippen LogP) is 1.14. The lowest BCUT2D eigenvalue weighted by Crippen LogP contribution is -2.44. The quantitative estimate of drug-likeness (QED) is 0.910. The average molecular weight is 312 g/mol. The van der Waals surface area contributed by atoms with Crippen LogP contribution >= 0.6 is 12.4 Å². The summed E-state index contributed by atoms with van der Waals surface area (Å²) >= 11 is 0. The summed E-state index contributed by atoms with van der Waals surface area (Å²) in [7, 11) is 3.65. The molecule has 1 saturated heterocycles. The van der Waals surface area contributed by atoms with Gasteiger partial charge in [-0.25, -0.2) is 4.98 Å². The molecule has 2 aromatic heterocycles. The van der Waals surface area contributed by atoms with Crippen molar-refractivity contribution >= 4 is 12.4 Å². The van der Waals surface area contributed by atoms with Crippen LogP contribution in [0.1, 0.15) is 11.9 Å². The van der Waals surface area contributed by atoms with Crippen molar-refractivity contribution in [2.45, 2.75) is 6.04 Å². The fraction of sp³-hybridized carbons (Fsp3) is 0.462. The third-order valence-electron chi connectivity index (χ3n) is 3.44. The number of halogens is 1. The van der Waals surface area contributed by atoms with Crippen molar-refractivity contribution in [3.8, 4) is 17.3 Å². The first-order chi connectivity index (χ1) is 9.78. The van der Waals surface area contributed by atoms with Crippen LogP contribution in [0.3, 0.4) is 0 Å². The van der Waals surface area contributed by atoms with Gasteiger partial charge in [-0.05, 0) is 13.1 Å². The lowest BCUT2D eigenvalue weighted by Gasteiger charge is -2.30. The molecule has 2 aromatic rings. The van der Waals surface area contributed by atoms with E-state index in [1.807, 2.05) is 6.07 Å². The third kappa shape index (κ3) is 3.31. The van der Waals surface area contributed by atoms with Crippen molar-refractivity contribution in [3.05, 3.63) is 24.2 Å². The molecule has 0 amide bonds. The van der Waals surface area contributed by atoms with Crippen LogP contribution in [-0.2, 0) is 0 Å². The molecule has 8 heteroatoms. The van der Waals surface area contributed by atoms with Gasteiger partial charge in [0.05, 0.1) is 18.7 Å². The first-order valence-electron chi connectivity index (χ1n) is 6.53. The zero-order valence-electron chi connectivity index (χ0n) is 11.9. The largest absolute Gasteiger partial charge is 0.481 e. The maximum atomic E-state index is 5.33. The summed E-state index contributed by atoms with van der Waals surface area (Å²) in [4.78, 5) is 10.8. The Hall–Kier alpha value is -1.70. The van der Waals surface area contributed by atoms with Crippen LogP contribution in [0, 0.1) is 0 Å². The van der Waals surface area contributed by atoms with Crippen LogP contribution in [0.5, 0.6) is 5.88 Å². The average Bonchev–Trinajstić information content (AvgIpc) is 2.97. The second-order valence-corrected chi connectivity index (χ2v) is 4.75. The van der Waals surface area contributed by atoms with Gasteiger partial charge in [0, 0.05) is 31.9 Å². The minimum atomic E-state index is 0. The number of aromatic nitrogens is 3. The van der Waals surface area contributed by atoms with E-state index in [1.54, 1.807) is 19.4 Å². The van der Waals surface area contributed by atoms with Crippen LogP contribution in [0.4, 0.5) is 0 Å².